The van der Waals surface area contributed by atoms with Gasteiger partial charge < -0.3 is 10.2 Å². The van der Waals surface area contributed by atoms with E-state index in [1.165, 1.54) is 6.07 Å². The Bertz CT molecular complexity index is 1940. The standard InChI is InChI=1S/C33H27N7O2/c1-20-16-17-21(2)27(18-20)35-31-33-36-32-29(22(3)37-39(32)24-11-5-4-6-12-24)30(23-10-9-13-25(19-23)40(41)42)38(33)28-15-8-7-14-26(28)34-31/h4-19,30H,1-3H3,(H,34,35)/t30-/m1/s1. The Hall–Kier alpha value is -5.57. The molecule has 9 heteroatoms. The first-order chi connectivity index (χ1) is 20.4. The van der Waals surface area contributed by atoms with Crippen molar-refractivity contribution in [1.82, 2.24) is 9.78 Å². The minimum Gasteiger partial charge on any atom is -0.337 e. The van der Waals surface area contributed by atoms with Crippen LogP contribution in [-0.4, -0.2) is 26.4 Å². The summed E-state index contributed by atoms with van der Waals surface area (Å²) in [5.74, 6) is 1.86. The molecule has 0 spiro atoms. The van der Waals surface area contributed by atoms with Gasteiger partial charge in [-0.2, -0.15) is 5.10 Å². The molecule has 1 N–H and O–H groups in total. The average molecular weight is 554 g/mol. The first kappa shape index (κ1) is 25.4. The first-order valence-electron chi connectivity index (χ1n) is 13.7. The number of aromatic nitrogens is 2. The number of benzene rings is 4. The van der Waals surface area contributed by atoms with Crippen LogP contribution < -0.4 is 10.2 Å². The lowest BCUT2D eigenvalue weighted by molar-refractivity contribution is -0.384. The predicted molar refractivity (Wildman–Crippen MR) is 166 cm³/mol. The van der Waals surface area contributed by atoms with Gasteiger partial charge in [0.25, 0.3) is 5.69 Å². The fourth-order valence-corrected chi connectivity index (χ4v) is 5.67. The van der Waals surface area contributed by atoms with Crippen LogP contribution in [0.1, 0.15) is 34.0 Å². The number of aryl methyl sites for hydroxylation is 3. The van der Waals surface area contributed by atoms with E-state index in [2.05, 4.69) is 42.3 Å². The fourth-order valence-electron chi connectivity index (χ4n) is 5.67. The van der Waals surface area contributed by atoms with Crippen LogP contribution in [0.25, 0.3) is 5.69 Å². The first-order valence-corrected chi connectivity index (χ1v) is 13.7. The Morgan fingerprint density at radius 2 is 1.64 bits per heavy atom. The van der Waals surface area contributed by atoms with Gasteiger partial charge in [-0.1, -0.05) is 54.6 Å². The molecule has 0 fully saturated rings. The lowest BCUT2D eigenvalue weighted by Crippen LogP contribution is -2.46. The molecular formula is C33H27N7O2. The van der Waals surface area contributed by atoms with E-state index in [1.54, 1.807) is 12.1 Å². The van der Waals surface area contributed by atoms with Crippen LogP contribution in [0.15, 0.2) is 107 Å². The van der Waals surface area contributed by atoms with Gasteiger partial charge in [0.05, 0.1) is 33.7 Å². The normalized spacial score (nSPS) is 15.2. The van der Waals surface area contributed by atoms with Crippen molar-refractivity contribution in [2.75, 3.05) is 10.2 Å². The van der Waals surface area contributed by atoms with E-state index >= 15 is 0 Å². The molecule has 0 aliphatic carbocycles. The maximum Gasteiger partial charge on any atom is 0.269 e. The largest absolute Gasteiger partial charge is 0.337 e. The van der Waals surface area contributed by atoms with Gasteiger partial charge in [-0.3, -0.25) is 10.1 Å². The number of anilines is 2. The molecule has 0 radical (unpaired) electrons. The Morgan fingerprint density at radius 1 is 0.857 bits per heavy atom. The van der Waals surface area contributed by atoms with Crippen molar-refractivity contribution < 1.29 is 4.92 Å². The van der Waals surface area contributed by atoms with Crippen LogP contribution >= 0.6 is 0 Å². The van der Waals surface area contributed by atoms with Crippen LogP contribution in [0.4, 0.5) is 28.6 Å². The van der Waals surface area contributed by atoms with Gasteiger partial charge in [0.15, 0.2) is 17.5 Å². The highest BCUT2D eigenvalue weighted by Crippen LogP contribution is 2.48. The summed E-state index contributed by atoms with van der Waals surface area (Å²) < 4.78 is 1.84. The molecule has 206 valence electrons. The molecular weight excluding hydrogens is 526 g/mol. The van der Waals surface area contributed by atoms with E-state index in [1.807, 2.05) is 72.3 Å². The van der Waals surface area contributed by atoms with Crippen molar-refractivity contribution >= 4 is 40.2 Å². The molecule has 7 rings (SSSR count). The molecule has 0 saturated heterocycles. The van der Waals surface area contributed by atoms with Crippen molar-refractivity contribution in [3.63, 3.8) is 0 Å². The van der Waals surface area contributed by atoms with Crippen LogP contribution in [0, 0.1) is 30.9 Å². The molecule has 5 aromatic rings. The summed E-state index contributed by atoms with van der Waals surface area (Å²) in [5, 5.41) is 20.4. The predicted octanol–water partition coefficient (Wildman–Crippen LogP) is 7.50. The fraction of sp³-hybridized carbons (Fsp3) is 0.121. The summed E-state index contributed by atoms with van der Waals surface area (Å²) >= 11 is 0. The van der Waals surface area contributed by atoms with Crippen LogP contribution in [0.3, 0.4) is 0 Å². The van der Waals surface area contributed by atoms with Gasteiger partial charge in [-0.05, 0) is 67.8 Å². The number of rotatable bonds is 4. The zero-order valence-corrected chi connectivity index (χ0v) is 23.3. The zero-order valence-electron chi connectivity index (χ0n) is 23.3. The second kappa shape index (κ2) is 9.81. The van der Waals surface area contributed by atoms with Gasteiger partial charge in [-0.15, -0.1) is 0 Å². The number of aliphatic imine (C=N–C) groups is 2. The topological polar surface area (TPSA) is 101 Å². The highest BCUT2D eigenvalue weighted by Gasteiger charge is 2.41. The van der Waals surface area contributed by atoms with Gasteiger partial charge in [0.2, 0.25) is 0 Å². The number of nitro benzene ring substituents is 1. The average Bonchev–Trinajstić information content (AvgIpc) is 3.34. The SMILES string of the molecule is Cc1ccc(C)c(NC2=Nc3ccccc3N3C2=Nc2c(c(C)nn2-c2ccccc2)[C@H]3c2cccc([N+](=O)[O-])c2)c1. The number of nitro groups is 1. The van der Waals surface area contributed by atoms with Crippen molar-refractivity contribution in [2.24, 2.45) is 9.98 Å². The highest BCUT2D eigenvalue weighted by atomic mass is 16.6. The Labute approximate surface area is 242 Å². The van der Waals surface area contributed by atoms with Gasteiger partial charge in [0.1, 0.15) is 0 Å². The third kappa shape index (κ3) is 4.14. The third-order valence-corrected chi connectivity index (χ3v) is 7.68. The van der Waals surface area contributed by atoms with Gasteiger partial charge in [0, 0.05) is 23.4 Å². The van der Waals surface area contributed by atoms with E-state index in [4.69, 9.17) is 15.1 Å². The third-order valence-electron chi connectivity index (χ3n) is 7.68. The van der Waals surface area contributed by atoms with Crippen molar-refractivity contribution in [3.8, 4) is 5.69 Å². The van der Waals surface area contributed by atoms with Crippen LogP contribution in [0.2, 0.25) is 0 Å². The molecule has 0 saturated carbocycles. The molecule has 4 aromatic carbocycles. The lowest BCUT2D eigenvalue weighted by Gasteiger charge is -2.40. The second-order valence-electron chi connectivity index (χ2n) is 10.5. The smallest absolute Gasteiger partial charge is 0.269 e. The molecule has 3 heterocycles. The molecule has 0 amide bonds. The van der Waals surface area contributed by atoms with E-state index in [-0.39, 0.29) is 10.6 Å². The molecule has 0 bridgehead atoms. The van der Waals surface area contributed by atoms with Gasteiger partial charge >= 0.3 is 0 Å². The Morgan fingerprint density at radius 3 is 2.45 bits per heavy atom. The number of nitrogens with one attached hydrogen (secondary N) is 1. The number of amidine groups is 2. The van der Waals surface area contributed by atoms with Crippen molar-refractivity contribution in [2.45, 2.75) is 26.8 Å². The van der Waals surface area contributed by atoms with Crippen LogP contribution in [0.5, 0.6) is 0 Å². The second-order valence-corrected chi connectivity index (χ2v) is 10.5. The summed E-state index contributed by atoms with van der Waals surface area (Å²) in [6.07, 6.45) is 0. The maximum atomic E-state index is 11.9. The minimum atomic E-state index is -0.447. The van der Waals surface area contributed by atoms with E-state index in [0.29, 0.717) is 17.5 Å². The monoisotopic (exact) mass is 553 g/mol. The molecule has 1 atom stereocenters. The summed E-state index contributed by atoms with van der Waals surface area (Å²) in [6, 6.07) is 30.4. The zero-order chi connectivity index (χ0) is 29.0. The van der Waals surface area contributed by atoms with Crippen molar-refractivity contribution in [3.05, 3.63) is 135 Å². The van der Waals surface area contributed by atoms with E-state index < -0.39 is 6.04 Å². The number of para-hydroxylation sites is 3. The number of nitrogens with zero attached hydrogens (tertiary/aromatic N) is 6. The molecule has 42 heavy (non-hydrogen) atoms. The lowest BCUT2D eigenvalue weighted by atomic mass is 9.93. The quantitative estimate of drug-likeness (QED) is 0.183. The molecule has 2 aliphatic rings. The maximum absolute atomic E-state index is 11.9. The van der Waals surface area contributed by atoms with E-state index in [0.717, 1.165) is 50.7 Å². The van der Waals surface area contributed by atoms with E-state index in [9.17, 15) is 10.1 Å². The molecule has 1 aromatic heterocycles. The number of hydrogen-bond donors (Lipinski definition) is 1. The van der Waals surface area contributed by atoms with Crippen molar-refractivity contribution in [1.29, 1.82) is 0 Å². The number of hydrogen-bond acceptors (Lipinski definition) is 7. The summed E-state index contributed by atoms with van der Waals surface area (Å²) in [5.41, 5.74) is 8.09. The summed E-state index contributed by atoms with van der Waals surface area (Å²) in [6.45, 7) is 6.07. The molecule has 9 nitrogen and oxygen atoms in total. The van der Waals surface area contributed by atoms with Gasteiger partial charge in [-0.25, -0.2) is 14.7 Å². The van der Waals surface area contributed by atoms with Crippen LogP contribution in [-0.2, 0) is 0 Å². The summed E-state index contributed by atoms with van der Waals surface area (Å²) in [4.78, 5) is 23.9. The molecule has 2 aliphatic heterocycles. The minimum absolute atomic E-state index is 0.0268. The number of fused-ring (bicyclic) bond motifs is 4. The summed E-state index contributed by atoms with van der Waals surface area (Å²) in [7, 11) is 0. The Kier molecular flexibility index (Phi) is 5.93. The Balaban J connectivity index is 1.51. The number of non-ortho nitro benzene ring substituents is 1. The highest BCUT2D eigenvalue weighted by molar-refractivity contribution is 6.51. The molecule has 0 unspecified atom stereocenters.